The van der Waals surface area contributed by atoms with Crippen molar-refractivity contribution in [1.29, 1.82) is 0 Å². The van der Waals surface area contributed by atoms with Gasteiger partial charge in [-0.1, -0.05) is 0 Å². The largest absolute Gasteiger partial charge is 0.497 e. The van der Waals surface area contributed by atoms with Crippen LogP contribution in [0.4, 0.5) is 15.2 Å². The number of carbonyl (C=O) groups is 2. The summed E-state index contributed by atoms with van der Waals surface area (Å²) in [7, 11) is 3.03. The average Bonchev–Trinajstić information content (AvgIpc) is 3.22. The molecule has 0 bridgehead atoms. The average molecular weight is 462 g/mol. The lowest BCUT2D eigenvalue weighted by atomic mass is 10.2. The highest BCUT2D eigenvalue weighted by atomic mass is 32.2. The molecular formula is C21H20FN3O4S2. The molecule has 0 saturated carbocycles. The molecule has 162 valence electrons. The van der Waals surface area contributed by atoms with E-state index in [1.807, 2.05) is 5.38 Å². The van der Waals surface area contributed by atoms with Crippen molar-refractivity contribution in [1.82, 2.24) is 4.98 Å². The minimum Gasteiger partial charge on any atom is -0.497 e. The van der Waals surface area contributed by atoms with E-state index < -0.39 is 0 Å². The molecule has 0 unspecified atom stereocenters. The number of hydrogen-bond donors (Lipinski definition) is 2. The number of methoxy groups -OCH3 is 2. The van der Waals surface area contributed by atoms with E-state index in [2.05, 4.69) is 15.6 Å². The molecule has 0 fully saturated rings. The molecule has 0 aliphatic carbocycles. The number of ether oxygens (including phenoxy) is 2. The van der Waals surface area contributed by atoms with E-state index in [0.29, 0.717) is 33.6 Å². The van der Waals surface area contributed by atoms with Gasteiger partial charge in [-0.3, -0.25) is 14.9 Å². The smallest absolute Gasteiger partial charge is 0.257 e. The highest BCUT2D eigenvalue weighted by molar-refractivity contribution is 7.99. The fourth-order valence-corrected chi connectivity index (χ4v) is 4.04. The van der Waals surface area contributed by atoms with Crippen LogP contribution in [0, 0.1) is 5.82 Å². The van der Waals surface area contributed by atoms with Crippen molar-refractivity contribution in [2.45, 2.75) is 5.75 Å². The van der Waals surface area contributed by atoms with Gasteiger partial charge in [0.25, 0.3) is 5.91 Å². The number of thiazole rings is 1. The molecule has 2 aromatic carbocycles. The third kappa shape index (κ3) is 6.69. The number of amides is 2. The molecule has 3 aromatic rings. The van der Waals surface area contributed by atoms with Gasteiger partial charge in [-0.15, -0.1) is 23.1 Å². The second-order valence-corrected chi connectivity index (χ2v) is 8.09. The first-order chi connectivity index (χ1) is 15.0. The maximum absolute atomic E-state index is 12.9. The zero-order valence-electron chi connectivity index (χ0n) is 16.8. The molecule has 31 heavy (non-hydrogen) atoms. The minimum atomic E-state index is -0.357. The van der Waals surface area contributed by atoms with Gasteiger partial charge in [-0.05, 0) is 36.4 Å². The van der Waals surface area contributed by atoms with Gasteiger partial charge in [0.1, 0.15) is 17.3 Å². The second-order valence-electron chi connectivity index (χ2n) is 6.25. The predicted molar refractivity (Wildman–Crippen MR) is 121 cm³/mol. The van der Waals surface area contributed by atoms with Crippen molar-refractivity contribution in [3.8, 4) is 11.5 Å². The van der Waals surface area contributed by atoms with Crippen LogP contribution in [0.3, 0.4) is 0 Å². The lowest BCUT2D eigenvalue weighted by molar-refractivity contribution is -0.113. The SMILES string of the molecule is COc1cc(OC)cc(C(=O)Nc2nc(CSCC(=O)Nc3ccc(F)cc3)cs2)c1. The van der Waals surface area contributed by atoms with Crippen molar-refractivity contribution in [3.05, 3.63) is 64.9 Å². The number of aromatic nitrogens is 1. The fraction of sp³-hybridized carbons (Fsp3) is 0.190. The fourth-order valence-electron chi connectivity index (χ4n) is 2.52. The van der Waals surface area contributed by atoms with Gasteiger partial charge < -0.3 is 14.8 Å². The van der Waals surface area contributed by atoms with Gasteiger partial charge in [-0.25, -0.2) is 9.37 Å². The van der Waals surface area contributed by atoms with Crippen molar-refractivity contribution in [3.63, 3.8) is 0 Å². The number of halogens is 1. The zero-order valence-corrected chi connectivity index (χ0v) is 18.4. The molecule has 0 aliphatic rings. The van der Waals surface area contributed by atoms with E-state index in [0.717, 1.165) is 5.69 Å². The van der Waals surface area contributed by atoms with Crippen LogP contribution in [0.1, 0.15) is 16.1 Å². The molecule has 2 N–H and O–H groups in total. The zero-order chi connectivity index (χ0) is 22.2. The minimum absolute atomic E-state index is 0.188. The van der Waals surface area contributed by atoms with Gasteiger partial charge in [0.2, 0.25) is 5.91 Å². The Morgan fingerprint density at radius 3 is 2.39 bits per heavy atom. The maximum Gasteiger partial charge on any atom is 0.257 e. The Balaban J connectivity index is 1.49. The molecule has 7 nitrogen and oxygen atoms in total. The molecule has 0 aliphatic heterocycles. The molecule has 2 amide bonds. The third-order valence-corrected chi connectivity index (χ3v) is 5.77. The van der Waals surface area contributed by atoms with Gasteiger partial charge in [0.15, 0.2) is 5.13 Å². The summed E-state index contributed by atoms with van der Waals surface area (Å²) >= 11 is 2.69. The van der Waals surface area contributed by atoms with Crippen LogP contribution in [0.2, 0.25) is 0 Å². The van der Waals surface area contributed by atoms with Crippen molar-refractivity contribution >= 4 is 45.7 Å². The first kappa shape index (κ1) is 22.6. The molecule has 3 rings (SSSR count). The van der Waals surface area contributed by atoms with Gasteiger partial charge in [0.05, 0.1) is 25.7 Å². The van der Waals surface area contributed by atoms with Crippen LogP contribution >= 0.6 is 23.1 Å². The van der Waals surface area contributed by atoms with Crippen LogP contribution in [-0.2, 0) is 10.5 Å². The summed E-state index contributed by atoms with van der Waals surface area (Å²) in [4.78, 5) is 28.9. The quantitative estimate of drug-likeness (QED) is 0.490. The summed E-state index contributed by atoms with van der Waals surface area (Å²) in [5.41, 5.74) is 1.68. The summed E-state index contributed by atoms with van der Waals surface area (Å²) in [6.45, 7) is 0. The number of hydrogen-bond acceptors (Lipinski definition) is 7. The lowest BCUT2D eigenvalue weighted by Gasteiger charge is -2.08. The molecule has 10 heteroatoms. The van der Waals surface area contributed by atoms with Crippen molar-refractivity contribution in [2.24, 2.45) is 0 Å². The van der Waals surface area contributed by atoms with E-state index in [9.17, 15) is 14.0 Å². The molecule has 0 atom stereocenters. The molecule has 1 heterocycles. The van der Waals surface area contributed by atoms with E-state index >= 15 is 0 Å². The Morgan fingerprint density at radius 2 is 1.74 bits per heavy atom. The number of anilines is 2. The summed E-state index contributed by atoms with van der Waals surface area (Å²) < 4.78 is 23.3. The Kier molecular flexibility index (Phi) is 7.85. The van der Waals surface area contributed by atoms with E-state index in [1.165, 1.54) is 61.6 Å². The number of thioether (sulfide) groups is 1. The number of benzene rings is 2. The molecule has 0 spiro atoms. The van der Waals surface area contributed by atoms with Gasteiger partial charge >= 0.3 is 0 Å². The number of rotatable bonds is 9. The first-order valence-electron chi connectivity index (χ1n) is 9.09. The van der Waals surface area contributed by atoms with E-state index in [1.54, 1.807) is 18.2 Å². The highest BCUT2D eigenvalue weighted by Gasteiger charge is 2.13. The maximum atomic E-state index is 12.9. The molecule has 1 aromatic heterocycles. The van der Waals surface area contributed by atoms with Crippen LogP contribution in [0.25, 0.3) is 0 Å². The van der Waals surface area contributed by atoms with Gasteiger partial charge in [-0.2, -0.15) is 0 Å². The molecule has 0 radical (unpaired) electrons. The molecular weight excluding hydrogens is 441 g/mol. The van der Waals surface area contributed by atoms with E-state index in [4.69, 9.17) is 9.47 Å². The van der Waals surface area contributed by atoms with Crippen molar-refractivity contribution < 1.29 is 23.5 Å². The third-order valence-electron chi connectivity index (χ3n) is 4.00. The monoisotopic (exact) mass is 461 g/mol. The Morgan fingerprint density at radius 1 is 1.06 bits per heavy atom. The highest BCUT2D eigenvalue weighted by Crippen LogP contribution is 2.25. The summed E-state index contributed by atoms with van der Waals surface area (Å²) in [6, 6.07) is 10.5. The van der Waals surface area contributed by atoms with Crippen molar-refractivity contribution in [2.75, 3.05) is 30.6 Å². The van der Waals surface area contributed by atoms with Crippen LogP contribution in [0.15, 0.2) is 47.8 Å². The number of nitrogens with one attached hydrogen (secondary N) is 2. The number of nitrogens with zero attached hydrogens (tertiary/aromatic N) is 1. The lowest BCUT2D eigenvalue weighted by Crippen LogP contribution is -2.14. The van der Waals surface area contributed by atoms with Crippen LogP contribution in [0.5, 0.6) is 11.5 Å². The Bertz CT molecular complexity index is 1030. The summed E-state index contributed by atoms with van der Waals surface area (Å²) in [6.07, 6.45) is 0. The normalized spacial score (nSPS) is 10.4. The number of carbonyl (C=O) groups excluding carboxylic acids is 2. The van der Waals surface area contributed by atoms with Gasteiger partial charge in [0, 0.05) is 28.5 Å². The second kappa shape index (κ2) is 10.8. The van der Waals surface area contributed by atoms with Crippen LogP contribution < -0.4 is 20.1 Å². The topological polar surface area (TPSA) is 89.6 Å². The summed E-state index contributed by atoms with van der Waals surface area (Å²) in [5.74, 6) is 0.886. The molecule has 0 saturated heterocycles. The Labute approximate surface area is 187 Å². The summed E-state index contributed by atoms with van der Waals surface area (Å²) in [5, 5.41) is 7.74. The standard InChI is InChI=1S/C21H20FN3O4S2/c1-28-17-7-13(8-18(9-17)29-2)20(27)25-21-24-16(11-31-21)10-30-12-19(26)23-15-5-3-14(22)4-6-15/h3-9,11H,10,12H2,1-2H3,(H,23,26)(H,24,25,27). The Hall–Kier alpha value is -3.11. The van der Waals surface area contributed by atoms with Crippen LogP contribution in [-0.4, -0.2) is 36.8 Å². The van der Waals surface area contributed by atoms with E-state index in [-0.39, 0.29) is 23.4 Å². The predicted octanol–water partition coefficient (Wildman–Crippen LogP) is 4.42. The first-order valence-corrected chi connectivity index (χ1v) is 11.1.